The van der Waals surface area contributed by atoms with E-state index in [2.05, 4.69) is 70.5 Å². The van der Waals surface area contributed by atoms with Gasteiger partial charge in [-0.3, -0.25) is 9.69 Å². The first-order valence-corrected chi connectivity index (χ1v) is 22.9. The molecule has 1 heterocycles. The lowest BCUT2D eigenvalue weighted by molar-refractivity contribution is -0.221. The molecule has 7 nitrogen and oxygen atoms in total. The lowest BCUT2D eigenvalue weighted by Crippen LogP contribution is -2.68. The number of carboxylic acids is 1. The van der Waals surface area contributed by atoms with Crippen LogP contribution in [0.5, 0.6) is 0 Å². The van der Waals surface area contributed by atoms with Gasteiger partial charge in [0.1, 0.15) is 6.67 Å². The number of nitrogens with zero attached hydrogens (tertiary/aromatic N) is 2. The van der Waals surface area contributed by atoms with E-state index in [1.54, 1.807) is 4.31 Å². The minimum Gasteiger partial charge on any atom is -0.481 e. The van der Waals surface area contributed by atoms with Crippen LogP contribution in [0.4, 0.5) is 4.39 Å². The van der Waals surface area contributed by atoms with E-state index in [-0.39, 0.29) is 33.6 Å². The Morgan fingerprint density at radius 3 is 2.25 bits per heavy atom. The van der Waals surface area contributed by atoms with Crippen molar-refractivity contribution in [3.8, 4) is 0 Å². The number of carboxylic acid groups (broad SMARTS) is 1. The van der Waals surface area contributed by atoms with Gasteiger partial charge in [0.2, 0.25) is 10.0 Å². The fourth-order valence-electron chi connectivity index (χ4n) is 14.9. The van der Waals surface area contributed by atoms with Gasteiger partial charge in [0.05, 0.1) is 11.7 Å². The quantitative estimate of drug-likeness (QED) is 0.231. The molecule has 9 heteroatoms. The molecule has 0 aromatic carbocycles. The predicted octanol–water partition coefficient (Wildman–Crippen LogP) is 8.25. The van der Waals surface area contributed by atoms with Crippen molar-refractivity contribution in [3.05, 3.63) is 35.5 Å². The van der Waals surface area contributed by atoms with Crippen molar-refractivity contribution in [1.29, 1.82) is 0 Å². The number of aliphatic carboxylic acids is 1. The Balaban J connectivity index is 1.11. The molecule has 5 fully saturated rings. The highest BCUT2D eigenvalue weighted by atomic mass is 32.2. The second kappa shape index (κ2) is 13.5. The summed E-state index contributed by atoms with van der Waals surface area (Å²) in [5, 5.41) is 14.1. The van der Waals surface area contributed by atoms with Crippen LogP contribution >= 0.6 is 0 Å². The van der Waals surface area contributed by atoms with Gasteiger partial charge in [-0.15, -0.1) is 0 Å². The predicted molar refractivity (Wildman–Crippen MR) is 212 cm³/mol. The van der Waals surface area contributed by atoms with Crippen LogP contribution in [0.2, 0.25) is 0 Å². The zero-order valence-electron chi connectivity index (χ0n) is 34.0. The summed E-state index contributed by atoms with van der Waals surface area (Å²) in [6, 6.07) is 0. The Labute approximate surface area is 320 Å². The molecule has 1 unspecified atom stereocenters. The summed E-state index contributed by atoms with van der Waals surface area (Å²) in [4.78, 5) is 14.4. The largest absolute Gasteiger partial charge is 0.481 e. The van der Waals surface area contributed by atoms with Crippen LogP contribution in [0.15, 0.2) is 35.5 Å². The molecule has 4 saturated carbocycles. The first kappa shape index (κ1) is 39.7. The van der Waals surface area contributed by atoms with Gasteiger partial charge in [-0.1, -0.05) is 58.9 Å². The fraction of sp³-hybridized carbons (Fsp3) is 0.841. The molecule has 0 aromatic heterocycles. The summed E-state index contributed by atoms with van der Waals surface area (Å²) in [6.45, 7) is 23.7. The van der Waals surface area contributed by atoms with E-state index in [1.165, 1.54) is 74.3 Å². The molecule has 2 N–H and O–H groups in total. The Kier molecular flexibility index (Phi) is 10.1. The summed E-state index contributed by atoms with van der Waals surface area (Å²) in [5.74, 6) is 2.01. The highest BCUT2D eigenvalue weighted by Gasteiger charge is 2.70. The number of rotatable bonds is 9. The third-order valence-electron chi connectivity index (χ3n) is 18.0. The molecule has 298 valence electrons. The average molecular weight is 756 g/mol. The van der Waals surface area contributed by atoms with E-state index >= 15 is 0 Å². The van der Waals surface area contributed by atoms with Crippen LogP contribution in [-0.4, -0.2) is 86.4 Å². The maximum absolute atomic E-state index is 14.0. The van der Waals surface area contributed by atoms with Crippen molar-refractivity contribution in [2.24, 2.45) is 56.7 Å². The summed E-state index contributed by atoms with van der Waals surface area (Å²) in [7, 11) is -3.12. The van der Waals surface area contributed by atoms with E-state index in [4.69, 9.17) is 0 Å². The van der Waals surface area contributed by atoms with E-state index in [9.17, 15) is 22.7 Å². The SMILES string of the molecule is C=C(C)[C@@H]1CC[C@]2(NCCN3CCN(S(C)(=O)=O)CC3)CC[C@]3(C)[C@H](CC[C@@H]4C5(C)CC=C(C6=CC[C@](CF)(C(=O)O)CC6)C(C)(C)[C@@H]5CC[C@]43C)[C@@H]12. The van der Waals surface area contributed by atoms with Crippen LogP contribution < -0.4 is 5.32 Å². The van der Waals surface area contributed by atoms with Crippen molar-refractivity contribution < 1.29 is 22.7 Å². The molecule has 1 aliphatic heterocycles. The summed E-state index contributed by atoms with van der Waals surface area (Å²) in [5.41, 5.74) is 3.61. The van der Waals surface area contributed by atoms with Crippen LogP contribution in [-0.2, 0) is 14.8 Å². The van der Waals surface area contributed by atoms with Crippen molar-refractivity contribution in [3.63, 3.8) is 0 Å². The monoisotopic (exact) mass is 756 g/mol. The van der Waals surface area contributed by atoms with Crippen LogP contribution in [0.3, 0.4) is 0 Å². The van der Waals surface area contributed by atoms with Crippen molar-refractivity contribution in [1.82, 2.24) is 14.5 Å². The van der Waals surface area contributed by atoms with Crippen molar-refractivity contribution >= 4 is 16.0 Å². The van der Waals surface area contributed by atoms with Crippen LogP contribution in [0, 0.1) is 56.7 Å². The first-order chi connectivity index (χ1) is 24.8. The van der Waals surface area contributed by atoms with Gasteiger partial charge < -0.3 is 10.4 Å². The lowest BCUT2D eigenvalue weighted by atomic mass is 9.33. The Morgan fingerprint density at radius 2 is 1.64 bits per heavy atom. The molecular weight excluding hydrogens is 686 g/mol. The van der Waals surface area contributed by atoms with Gasteiger partial charge in [-0.05, 0) is 146 Å². The van der Waals surface area contributed by atoms with E-state index in [1.807, 2.05) is 0 Å². The summed E-state index contributed by atoms with van der Waals surface area (Å²) in [6.07, 6.45) is 18.3. The molecular formula is C44H70FN3O4S. The molecule has 0 spiro atoms. The van der Waals surface area contributed by atoms with Gasteiger partial charge in [-0.25, -0.2) is 12.8 Å². The average Bonchev–Trinajstić information content (AvgIpc) is 3.48. The normalized spacial score (nSPS) is 44.5. The number of halogens is 1. The van der Waals surface area contributed by atoms with E-state index < -0.39 is 28.1 Å². The zero-order chi connectivity index (χ0) is 38.4. The second-order valence-corrected chi connectivity index (χ2v) is 22.5. The molecule has 0 amide bonds. The number of hydrogen-bond acceptors (Lipinski definition) is 5. The highest BCUT2D eigenvalue weighted by Crippen LogP contribution is 2.76. The number of piperazine rings is 1. The number of alkyl halides is 1. The Hall–Kier alpha value is -1.55. The third-order valence-corrected chi connectivity index (χ3v) is 19.3. The van der Waals surface area contributed by atoms with Crippen molar-refractivity contribution in [2.45, 2.75) is 124 Å². The molecule has 7 aliphatic rings. The molecule has 0 aromatic rings. The van der Waals surface area contributed by atoms with Crippen LogP contribution in [0.1, 0.15) is 119 Å². The number of nitrogens with one attached hydrogen (secondary N) is 1. The second-order valence-electron chi connectivity index (χ2n) is 20.5. The molecule has 10 atom stereocenters. The standard InChI is InChI=1S/C44H70FN3O4S/c1-30(2)32-13-20-44(46-23-24-47-25-27-48(28-26-47)53(8,51)52)22-21-41(6)34(37(32)44)9-10-36-40(5)16-14-33(39(3,4)35(40)15-17-42(36,41)7)31-11-18-43(29-45,19-12-31)38(49)50/h11,14,32,34-37,46H,1,9-10,12-13,15-29H2,2-8H3,(H,49,50)/t32-,34+,35-,36+,37+,40?,41+,42+,43-,44-/m0/s1. The third kappa shape index (κ3) is 6.09. The topological polar surface area (TPSA) is 90.0 Å². The number of allylic oxidation sites excluding steroid dienone is 5. The molecule has 7 rings (SSSR count). The minimum absolute atomic E-state index is 0.0174. The van der Waals surface area contributed by atoms with Gasteiger partial charge >= 0.3 is 5.97 Å². The highest BCUT2D eigenvalue weighted by molar-refractivity contribution is 7.88. The summed E-state index contributed by atoms with van der Waals surface area (Å²) < 4.78 is 39.7. The Bertz CT molecular complexity index is 1650. The maximum atomic E-state index is 14.0. The number of carbonyl (C=O) groups is 1. The molecule has 53 heavy (non-hydrogen) atoms. The maximum Gasteiger partial charge on any atom is 0.312 e. The zero-order valence-corrected chi connectivity index (χ0v) is 34.9. The number of fused-ring (bicyclic) bond motifs is 7. The molecule has 0 radical (unpaired) electrons. The van der Waals surface area contributed by atoms with Crippen LogP contribution in [0.25, 0.3) is 0 Å². The molecule has 6 aliphatic carbocycles. The van der Waals surface area contributed by atoms with Gasteiger partial charge in [-0.2, -0.15) is 4.31 Å². The first-order valence-electron chi connectivity index (χ1n) is 21.1. The van der Waals surface area contributed by atoms with Gasteiger partial charge in [0.25, 0.3) is 0 Å². The van der Waals surface area contributed by atoms with Gasteiger partial charge in [0.15, 0.2) is 0 Å². The van der Waals surface area contributed by atoms with Crippen molar-refractivity contribution in [2.75, 3.05) is 52.2 Å². The summed E-state index contributed by atoms with van der Waals surface area (Å²) >= 11 is 0. The van der Waals surface area contributed by atoms with E-state index in [0.717, 1.165) is 32.6 Å². The van der Waals surface area contributed by atoms with E-state index in [0.29, 0.717) is 55.5 Å². The molecule has 0 bridgehead atoms. The van der Waals surface area contributed by atoms with Gasteiger partial charge in [0, 0.05) is 44.8 Å². The number of hydrogen-bond donors (Lipinski definition) is 2. The smallest absolute Gasteiger partial charge is 0.312 e. The lowest BCUT2D eigenvalue weighted by Gasteiger charge is -2.72. The minimum atomic E-state index is -3.12. The fourth-order valence-corrected chi connectivity index (χ4v) is 15.7. The molecule has 1 saturated heterocycles. The number of sulfonamides is 1. The Morgan fingerprint density at radius 1 is 0.925 bits per heavy atom.